The van der Waals surface area contributed by atoms with Crippen LogP contribution in [0.4, 0.5) is 0 Å². The van der Waals surface area contributed by atoms with E-state index in [1.165, 1.54) is 0 Å². The van der Waals surface area contributed by atoms with Gasteiger partial charge in [-0.25, -0.2) is 0 Å². The van der Waals surface area contributed by atoms with E-state index in [1.807, 2.05) is 18.3 Å². The Morgan fingerprint density at radius 2 is 2.00 bits per heavy atom. The smallest absolute Gasteiger partial charge is 0.317 e. The third-order valence-corrected chi connectivity index (χ3v) is 0.842. The first-order valence-electron chi connectivity index (χ1n) is 2.83. The van der Waals surface area contributed by atoms with Crippen LogP contribution in [0.3, 0.4) is 0 Å². The van der Waals surface area contributed by atoms with Crippen LogP contribution in [0, 0.1) is 0 Å². The Morgan fingerprint density at radius 1 is 1.50 bits per heavy atom. The van der Waals surface area contributed by atoms with Crippen molar-refractivity contribution in [2.75, 3.05) is 0 Å². The summed E-state index contributed by atoms with van der Waals surface area (Å²) in [6.07, 6.45) is 3.65. The molecule has 0 radical (unpaired) electrons. The van der Waals surface area contributed by atoms with Gasteiger partial charge in [0.25, 0.3) is 0 Å². The molecule has 1 aromatic rings. The molecule has 1 heterocycles. The number of aromatic nitrogens is 1. The second-order valence-corrected chi connectivity index (χ2v) is 5.38. The minimum atomic E-state index is -3.72. The lowest BCUT2D eigenvalue weighted by molar-refractivity contribution is 0.621. The number of hydrogen-bond donors (Lipinski definition) is 1. The molecule has 68 valence electrons. The lowest BCUT2D eigenvalue weighted by atomic mass is 10.4. The molecule has 1 N–H and O–H groups in total. The standard InChI is InChI=1S/C6H7N.Cl2O2S/c1-2-6-4-3-5-7-6;1-5(2,3)4/h2-5,7H,1H2;. The highest BCUT2D eigenvalue weighted by molar-refractivity contribution is 8.31. The highest BCUT2D eigenvalue weighted by atomic mass is 36.0. The molecular weight excluding hydrogens is 221 g/mol. The SMILES string of the molecule is C=Cc1ccc[nH]1.O=S(=O)(Cl)Cl. The van der Waals surface area contributed by atoms with Gasteiger partial charge in [-0.15, -0.1) is 0 Å². The molecule has 1 rings (SSSR count). The van der Waals surface area contributed by atoms with Gasteiger partial charge in [0.2, 0.25) is 0 Å². The Hall–Kier alpha value is -0.450. The summed E-state index contributed by atoms with van der Waals surface area (Å²) in [6.45, 7) is 3.57. The number of hydrogen-bond acceptors (Lipinski definition) is 2. The maximum absolute atomic E-state index is 9.16. The van der Waals surface area contributed by atoms with Crippen molar-refractivity contribution in [1.82, 2.24) is 4.98 Å². The summed E-state index contributed by atoms with van der Waals surface area (Å²) >= 11 is 0. The minimum Gasteiger partial charge on any atom is -0.362 e. The topological polar surface area (TPSA) is 49.9 Å². The molecule has 3 nitrogen and oxygen atoms in total. The molecular formula is C6H7Cl2NO2S. The van der Waals surface area contributed by atoms with Crippen molar-refractivity contribution in [2.24, 2.45) is 0 Å². The molecule has 0 aromatic carbocycles. The van der Waals surface area contributed by atoms with Crippen LogP contribution in [-0.2, 0) is 8.26 Å². The molecule has 1 aromatic heterocycles. The fraction of sp³-hybridized carbons (Fsp3) is 0. The Morgan fingerprint density at radius 3 is 2.17 bits per heavy atom. The average Bonchev–Trinajstić information content (AvgIpc) is 2.33. The van der Waals surface area contributed by atoms with Crippen LogP contribution in [0.25, 0.3) is 6.08 Å². The van der Waals surface area contributed by atoms with Gasteiger partial charge in [0.15, 0.2) is 0 Å². The van der Waals surface area contributed by atoms with E-state index in [1.54, 1.807) is 6.08 Å². The lowest BCUT2D eigenvalue weighted by Crippen LogP contribution is -1.63. The molecule has 0 bridgehead atoms. The third kappa shape index (κ3) is 9.55. The zero-order valence-electron chi connectivity index (χ0n) is 6.00. The van der Waals surface area contributed by atoms with Crippen molar-refractivity contribution in [3.8, 4) is 0 Å². The van der Waals surface area contributed by atoms with Gasteiger partial charge in [-0.05, 0) is 18.2 Å². The lowest BCUT2D eigenvalue weighted by Gasteiger charge is -1.74. The molecule has 6 heteroatoms. The van der Waals surface area contributed by atoms with E-state index in [0.717, 1.165) is 5.69 Å². The summed E-state index contributed by atoms with van der Waals surface area (Å²) in [5.41, 5.74) is 1.07. The Balaban J connectivity index is 0.000000217. The van der Waals surface area contributed by atoms with Crippen LogP contribution in [0.2, 0.25) is 0 Å². The van der Waals surface area contributed by atoms with E-state index < -0.39 is 8.26 Å². The van der Waals surface area contributed by atoms with Gasteiger partial charge in [-0.3, -0.25) is 0 Å². The molecule has 0 aliphatic rings. The molecule has 0 unspecified atom stereocenters. The van der Waals surface area contributed by atoms with Crippen LogP contribution in [0.1, 0.15) is 5.69 Å². The maximum Gasteiger partial charge on any atom is 0.317 e. The van der Waals surface area contributed by atoms with Crippen molar-refractivity contribution in [1.29, 1.82) is 0 Å². The van der Waals surface area contributed by atoms with Crippen LogP contribution < -0.4 is 0 Å². The van der Waals surface area contributed by atoms with Gasteiger partial charge >= 0.3 is 8.26 Å². The number of aromatic amines is 1. The first-order chi connectivity index (χ1) is 5.43. The van der Waals surface area contributed by atoms with Crippen LogP contribution in [0.5, 0.6) is 0 Å². The summed E-state index contributed by atoms with van der Waals surface area (Å²) in [4.78, 5) is 2.97. The number of rotatable bonds is 1. The van der Waals surface area contributed by atoms with E-state index in [9.17, 15) is 0 Å². The van der Waals surface area contributed by atoms with E-state index in [2.05, 4.69) is 32.9 Å². The monoisotopic (exact) mass is 227 g/mol. The fourth-order valence-corrected chi connectivity index (χ4v) is 0.471. The second-order valence-electron chi connectivity index (χ2n) is 1.71. The van der Waals surface area contributed by atoms with Crippen molar-refractivity contribution in [3.05, 3.63) is 30.6 Å². The molecule has 0 aliphatic carbocycles. The van der Waals surface area contributed by atoms with Gasteiger partial charge < -0.3 is 4.98 Å². The Kier molecular flexibility index (Phi) is 5.04. The predicted molar refractivity (Wildman–Crippen MR) is 51.5 cm³/mol. The summed E-state index contributed by atoms with van der Waals surface area (Å²) in [7, 11) is 4.81. The molecule has 0 spiro atoms. The zero-order chi connectivity index (χ0) is 9.61. The molecule has 0 amide bonds. The molecule has 0 saturated heterocycles. The highest BCUT2D eigenvalue weighted by Crippen LogP contribution is 1.98. The first-order valence-corrected chi connectivity index (χ1v) is 5.97. The molecule has 0 aliphatic heterocycles. The summed E-state index contributed by atoms with van der Waals surface area (Å²) in [6, 6.07) is 3.91. The zero-order valence-corrected chi connectivity index (χ0v) is 8.33. The first kappa shape index (κ1) is 11.6. The largest absolute Gasteiger partial charge is 0.362 e. The van der Waals surface area contributed by atoms with Gasteiger partial charge in [0.1, 0.15) is 0 Å². The molecule has 12 heavy (non-hydrogen) atoms. The Labute approximate surface area is 79.9 Å². The van der Waals surface area contributed by atoms with Crippen molar-refractivity contribution in [3.63, 3.8) is 0 Å². The van der Waals surface area contributed by atoms with Crippen molar-refractivity contribution in [2.45, 2.75) is 0 Å². The third-order valence-electron chi connectivity index (χ3n) is 0.842. The van der Waals surface area contributed by atoms with Gasteiger partial charge in [0.05, 0.1) is 0 Å². The van der Waals surface area contributed by atoms with Gasteiger partial charge in [-0.1, -0.05) is 6.58 Å². The van der Waals surface area contributed by atoms with E-state index in [0.29, 0.717) is 0 Å². The van der Waals surface area contributed by atoms with Gasteiger partial charge in [0, 0.05) is 33.3 Å². The average molecular weight is 228 g/mol. The van der Waals surface area contributed by atoms with E-state index in [4.69, 9.17) is 8.42 Å². The second kappa shape index (κ2) is 5.24. The molecule has 0 saturated carbocycles. The van der Waals surface area contributed by atoms with Crippen molar-refractivity contribution < 1.29 is 8.42 Å². The quantitative estimate of drug-likeness (QED) is 0.750. The predicted octanol–water partition coefficient (Wildman–Crippen LogP) is 2.37. The Bertz CT molecular complexity index is 309. The van der Waals surface area contributed by atoms with E-state index in [-0.39, 0.29) is 0 Å². The summed E-state index contributed by atoms with van der Waals surface area (Å²) < 4.78 is 18.3. The summed E-state index contributed by atoms with van der Waals surface area (Å²) in [5, 5.41) is 0. The normalized spacial score (nSPS) is 9.83. The minimum absolute atomic E-state index is 1.07. The van der Waals surface area contributed by atoms with Crippen LogP contribution in [0.15, 0.2) is 24.9 Å². The molecule has 0 atom stereocenters. The maximum atomic E-state index is 9.16. The van der Waals surface area contributed by atoms with Crippen LogP contribution in [-0.4, -0.2) is 13.4 Å². The number of nitrogens with one attached hydrogen (secondary N) is 1. The van der Waals surface area contributed by atoms with Gasteiger partial charge in [-0.2, -0.15) is 8.42 Å². The number of H-pyrrole nitrogens is 1. The molecule has 0 fully saturated rings. The highest BCUT2D eigenvalue weighted by Gasteiger charge is 1.88. The van der Waals surface area contributed by atoms with E-state index >= 15 is 0 Å². The number of halogens is 2. The summed E-state index contributed by atoms with van der Waals surface area (Å²) in [5.74, 6) is 0. The fourth-order valence-electron chi connectivity index (χ4n) is 0.471. The van der Waals surface area contributed by atoms with Crippen LogP contribution >= 0.6 is 21.4 Å². The van der Waals surface area contributed by atoms with Crippen molar-refractivity contribution >= 4 is 35.7 Å².